The minimum absolute atomic E-state index is 0.992. The number of rotatable bonds is 7. The third-order valence-corrected chi connectivity index (χ3v) is 2.45. The van der Waals surface area contributed by atoms with Crippen molar-refractivity contribution in [1.82, 2.24) is 5.16 Å². The van der Waals surface area contributed by atoms with Crippen molar-refractivity contribution in [2.75, 3.05) is 0 Å². The molecule has 0 aliphatic carbocycles. The molecule has 0 aliphatic rings. The van der Waals surface area contributed by atoms with Gasteiger partial charge in [-0.25, -0.2) is 0 Å². The van der Waals surface area contributed by atoms with Gasteiger partial charge in [0.05, 0.1) is 5.69 Å². The fourth-order valence-electron chi connectivity index (χ4n) is 1.61. The van der Waals surface area contributed by atoms with Gasteiger partial charge in [-0.1, -0.05) is 44.2 Å². The van der Waals surface area contributed by atoms with E-state index in [4.69, 9.17) is 4.52 Å². The number of hydrogen-bond donors (Lipinski definition) is 0. The summed E-state index contributed by atoms with van der Waals surface area (Å²) in [7, 11) is 0. The lowest BCUT2D eigenvalue weighted by Crippen LogP contribution is -1.83. The Bertz CT molecular complexity index is 242. The number of hydrogen-bond acceptors (Lipinski definition) is 2. The van der Waals surface area contributed by atoms with Crippen molar-refractivity contribution in [3.8, 4) is 0 Å². The Hall–Kier alpha value is -0.790. The molecule has 1 heterocycles. The average molecular weight is 195 g/mol. The Morgan fingerprint density at radius 3 is 2.50 bits per heavy atom. The molecule has 1 rings (SSSR count). The van der Waals surface area contributed by atoms with E-state index in [-0.39, 0.29) is 0 Å². The molecule has 1 aromatic heterocycles. The van der Waals surface area contributed by atoms with Crippen LogP contribution in [-0.2, 0) is 6.42 Å². The highest BCUT2D eigenvalue weighted by atomic mass is 16.5. The molecule has 0 aliphatic heterocycles. The first-order chi connectivity index (χ1) is 6.83. The molecule has 0 atom stereocenters. The summed E-state index contributed by atoms with van der Waals surface area (Å²) in [6.45, 7) is 4.21. The zero-order valence-electron chi connectivity index (χ0n) is 9.38. The van der Waals surface area contributed by atoms with Crippen LogP contribution < -0.4 is 0 Å². The maximum absolute atomic E-state index is 5.14. The summed E-state index contributed by atoms with van der Waals surface area (Å²) >= 11 is 0. The van der Waals surface area contributed by atoms with E-state index >= 15 is 0 Å². The van der Waals surface area contributed by atoms with E-state index in [2.05, 4.69) is 12.1 Å². The maximum Gasteiger partial charge on any atom is 0.136 e. The quantitative estimate of drug-likeness (QED) is 0.617. The van der Waals surface area contributed by atoms with Crippen LogP contribution in [0.5, 0.6) is 0 Å². The first kappa shape index (κ1) is 11.3. The third kappa shape index (κ3) is 4.45. The summed E-state index contributed by atoms with van der Waals surface area (Å²) < 4.78 is 5.14. The molecule has 0 radical (unpaired) electrons. The first-order valence-corrected chi connectivity index (χ1v) is 5.75. The molecule has 1 aromatic rings. The lowest BCUT2D eigenvalue weighted by atomic mass is 10.1. The van der Waals surface area contributed by atoms with Gasteiger partial charge in [-0.2, -0.15) is 0 Å². The summed E-state index contributed by atoms with van der Waals surface area (Å²) in [5.74, 6) is 1.04. The van der Waals surface area contributed by atoms with Crippen molar-refractivity contribution >= 4 is 0 Å². The van der Waals surface area contributed by atoms with Gasteiger partial charge >= 0.3 is 0 Å². The average Bonchev–Trinajstić information content (AvgIpc) is 2.58. The summed E-state index contributed by atoms with van der Waals surface area (Å²) in [6, 6.07) is 2.03. The smallest absolute Gasteiger partial charge is 0.136 e. The SMILES string of the molecule is CCCCCCCCc1cc(C)no1. The summed E-state index contributed by atoms with van der Waals surface area (Å²) in [4.78, 5) is 0. The molecule has 2 heteroatoms. The molecule has 0 spiro atoms. The van der Waals surface area contributed by atoms with E-state index < -0.39 is 0 Å². The Kier molecular flexibility index (Phi) is 5.35. The molecule has 0 fully saturated rings. The van der Waals surface area contributed by atoms with Crippen LogP contribution in [0.3, 0.4) is 0 Å². The number of aryl methyl sites for hydroxylation is 2. The lowest BCUT2D eigenvalue weighted by molar-refractivity contribution is 0.375. The Morgan fingerprint density at radius 1 is 1.14 bits per heavy atom. The van der Waals surface area contributed by atoms with Crippen molar-refractivity contribution in [2.45, 2.75) is 58.8 Å². The van der Waals surface area contributed by atoms with Crippen molar-refractivity contribution < 1.29 is 4.52 Å². The second-order valence-electron chi connectivity index (χ2n) is 3.95. The van der Waals surface area contributed by atoms with Gasteiger partial charge in [0, 0.05) is 12.5 Å². The summed E-state index contributed by atoms with van der Waals surface area (Å²) in [5, 5.41) is 3.87. The summed E-state index contributed by atoms with van der Waals surface area (Å²) in [6.07, 6.45) is 9.04. The van der Waals surface area contributed by atoms with Crippen LogP contribution in [0, 0.1) is 6.92 Å². The zero-order valence-corrected chi connectivity index (χ0v) is 9.38. The normalized spacial score (nSPS) is 10.7. The van der Waals surface area contributed by atoms with Crippen molar-refractivity contribution in [3.63, 3.8) is 0 Å². The highest BCUT2D eigenvalue weighted by Gasteiger charge is 1.99. The minimum Gasteiger partial charge on any atom is -0.361 e. The van der Waals surface area contributed by atoms with E-state index in [1.54, 1.807) is 0 Å². The predicted octanol–water partition coefficient (Wildman–Crippen LogP) is 3.89. The third-order valence-electron chi connectivity index (χ3n) is 2.45. The standard InChI is InChI=1S/C12H21NO/c1-3-4-5-6-7-8-9-12-10-11(2)13-14-12/h10H,3-9H2,1-2H3. The van der Waals surface area contributed by atoms with Crippen molar-refractivity contribution in [1.29, 1.82) is 0 Å². The number of unbranched alkanes of at least 4 members (excludes halogenated alkanes) is 5. The minimum atomic E-state index is 0.992. The second-order valence-corrected chi connectivity index (χ2v) is 3.95. The molecule has 0 saturated carbocycles. The van der Waals surface area contributed by atoms with Gasteiger partial charge in [0.1, 0.15) is 5.76 Å². The van der Waals surface area contributed by atoms with Crippen LogP contribution in [0.2, 0.25) is 0 Å². The topological polar surface area (TPSA) is 26.0 Å². The van der Waals surface area contributed by atoms with E-state index in [0.717, 1.165) is 17.9 Å². The van der Waals surface area contributed by atoms with Crippen molar-refractivity contribution in [2.24, 2.45) is 0 Å². The van der Waals surface area contributed by atoms with Crippen LogP contribution in [0.15, 0.2) is 10.6 Å². The van der Waals surface area contributed by atoms with Crippen molar-refractivity contribution in [3.05, 3.63) is 17.5 Å². The van der Waals surface area contributed by atoms with E-state index in [1.807, 2.05) is 13.0 Å². The Labute approximate surface area is 86.7 Å². The van der Waals surface area contributed by atoms with Gasteiger partial charge in [0.25, 0.3) is 0 Å². The molecule has 0 N–H and O–H groups in total. The van der Waals surface area contributed by atoms with E-state index in [0.29, 0.717) is 0 Å². The molecule has 0 unspecified atom stereocenters. The fraction of sp³-hybridized carbons (Fsp3) is 0.750. The monoisotopic (exact) mass is 195 g/mol. The molecule has 0 saturated heterocycles. The first-order valence-electron chi connectivity index (χ1n) is 5.75. The Morgan fingerprint density at radius 2 is 1.86 bits per heavy atom. The van der Waals surface area contributed by atoms with Crippen LogP contribution in [0.4, 0.5) is 0 Å². The Balaban J connectivity index is 1.99. The van der Waals surface area contributed by atoms with Crippen LogP contribution in [-0.4, -0.2) is 5.16 Å². The lowest BCUT2D eigenvalue weighted by Gasteiger charge is -1.97. The second kappa shape index (κ2) is 6.63. The van der Waals surface area contributed by atoms with Gasteiger partial charge in [0.2, 0.25) is 0 Å². The molecule has 0 bridgehead atoms. The van der Waals surface area contributed by atoms with Crippen LogP contribution in [0.25, 0.3) is 0 Å². The van der Waals surface area contributed by atoms with Gasteiger partial charge in [0.15, 0.2) is 0 Å². The summed E-state index contributed by atoms with van der Waals surface area (Å²) in [5.41, 5.74) is 0.992. The zero-order chi connectivity index (χ0) is 10.2. The highest BCUT2D eigenvalue weighted by molar-refractivity contribution is 5.02. The van der Waals surface area contributed by atoms with Gasteiger partial charge in [-0.15, -0.1) is 0 Å². The maximum atomic E-state index is 5.14. The molecule has 2 nitrogen and oxygen atoms in total. The number of aromatic nitrogens is 1. The van der Waals surface area contributed by atoms with Crippen LogP contribution in [0.1, 0.15) is 56.9 Å². The molecular weight excluding hydrogens is 174 g/mol. The van der Waals surface area contributed by atoms with Gasteiger partial charge < -0.3 is 4.52 Å². The number of nitrogens with zero attached hydrogens (tertiary/aromatic N) is 1. The largest absolute Gasteiger partial charge is 0.361 e. The van der Waals surface area contributed by atoms with Gasteiger partial charge in [-0.3, -0.25) is 0 Å². The molecule has 80 valence electrons. The van der Waals surface area contributed by atoms with E-state index in [1.165, 1.54) is 38.5 Å². The molecule has 0 amide bonds. The molecule has 0 aromatic carbocycles. The fourth-order valence-corrected chi connectivity index (χ4v) is 1.61. The molecule has 14 heavy (non-hydrogen) atoms. The van der Waals surface area contributed by atoms with E-state index in [9.17, 15) is 0 Å². The van der Waals surface area contributed by atoms with Crippen LogP contribution >= 0.6 is 0 Å². The highest BCUT2D eigenvalue weighted by Crippen LogP contribution is 2.10. The van der Waals surface area contributed by atoms with Gasteiger partial charge in [-0.05, 0) is 13.3 Å². The molecular formula is C12H21NO. The predicted molar refractivity (Wildman–Crippen MR) is 58.3 cm³/mol.